The summed E-state index contributed by atoms with van der Waals surface area (Å²) in [6.07, 6.45) is 5.13. The second-order valence-corrected chi connectivity index (χ2v) is 4.65. The van der Waals surface area contributed by atoms with E-state index in [-0.39, 0.29) is 0 Å². The maximum absolute atomic E-state index is 6.10. The maximum atomic E-state index is 6.10. The number of aromatic nitrogens is 1. The molecule has 2 N–H and O–H groups in total. The molecule has 1 aromatic heterocycles. The third kappa shape index (κ3) is 3.11. The van der Waals surface area contributed by atoms with Crippen LogP contribution in [0.2, 0.25) is 10.0 Å². The number of pyridine rings is 1. The molecule has 0 fully saturated rings. The molecule has 0 saturated heterocycles. The second kappa shape index (κ2) is 5.39. The summed E-state index contributed by atoms with van der Waals surface area (Å²) in [5.41, 5.74) is 8.73. The lowest BCUT2D eigenvalue weighted by Gasteiger charge is -2.06. The highest BCUT2D eigenvalue weighted by Crippen LogP contribution is 2.23. The van der Waals surface area contributed by atoms with Crippen LogP contribution in [0.15, 0.2) is 36.7 Å². The Kier molecular flexibility index (Phi) is 3.87. The van der Waals surface area contributed by atoms with Crippen LogP contribution in [0.5, 0.6) is 0 Å². The standard InChI is InChI=1S/C13H12Cl2N2/c14-11-4-3-9(12(15)7-11)1-2-10-8-17-6-5-13(10)16/h3-8H,1-2H2,(H2,16,17). The smallest absolute Gasteiger partial charge is 0.0452 e. The molecular formula is C13H12Cl2N2. The number of halogens is 2. The Morgan fingerprint density at radius 1 is 1.06 bits per heavy atom. The second-order valence-electron chi connectivity index (χ2n) is 3.81. The number of hydrogen-bond donors (Lipinski definition) is 1. The molecule has 0 bridgehead atoms. The Balaban J connectivity index is 2.10. The maximum Gasteiger partial charge on any atom is 0.0452 e. The van der Waals surface area contributed by atoms with Crippen LogP contribution in [0, 0.1) is 0 Å². The molecule has 2 nitrogen and oxygen atoms in total. The summed E-state index contributed by atoms with van der Waals surface area (Å²) in [6.45, 7) is 0. The predicted octanol–water partition coefficient (Wildman–Crippen LogP) is 3.76. The molecule has 1 aromatic carbocycles. The average molecular weight is 267 g/mol. The summed E-state index contributed by atoms with van der Waals surface area (Å²) in [6, 6.07) is 7.34. The largest absolute Gasteiger partial charge is 0.398 e. The number of rotatable bonds is 3. The van der Waals surface area contributed by atoms with Gasteiger partial charge >= 0.3 is 0 Å². The van der Waals surface area contributed by atoms with Crippen molar-refractivity contribution in [3.63, 3.8) is 0 Å². The van der Waals surface area contributed by atoms with E-state index in [0.717, 1.165) is 29.7 Å². The number of aryl methyl sites for hydroxylation is 2. The molecule has 2 rings (SSSR count). The molecule has 1 heterocycles. The lowest BCUT2D eigenvalue weighted by Crippen LogP contribution is -1.98. The third-order valence-corrected chi connectivity index (χ3v) is 3.21. The third-order valence-electron chi connectivity index (χ3n) is 2.62. The molecule has 4 heteroatoms. The van der Waals surface area contributed by atoms with Gasteiger partial charge in [0.1, 0.15) is 0 Å². The zero-order valence-electron chi connectivity index (χ0n) is 9.16. The van der Waals surface area contributed by atoms with Crippen LogP contribution in [0.1, 0.15) is 11.1 Å². The lowest BCUT2D eigenvalue weighted by molar-refractivity contribution is 0.953. The predicted molar refractivity (Wildman–Crippen MR) is 72.5 cm³/mol. The number of anilines is 1. The first-order valence-electron chi connectivity index (χ1n) is 5.29. The van der Waals surface area contributed by atoms with Crippen molar-refractivity contribution in [1.82, 2.24) is 4.98 Å². The van der Waals surface area contributed by atoms with Crippen LogP contribution in [0.3, 0.4) is 0 Å². The number of benzene rings is 1. The van der Waals surface area contributed by atoms with E-state index in [9.17, 15) is 0 Å². The Bertz CT molecular complexity index is 527. The van der Waals surface area contributed by atoms with Gasteiger partial charge < -0.3 is 5.73 Å². The molecule has 0 spiro atoms. The lowest BCUT2D eigenvalue weighted by atomic mass is 10.0. The summed E-state index contributed by atoms with van der Waals surface area (Å²) in [5, 5.41) is 1.35. The van der Waals surface area contributed by atoms with Crippen molar-refractivity contribution < 1.29 is 0 Å². The van der Waals surface area contributed by atoms with Gasteiger partial charge in [0.15, 0.2) is 0 Å². The van der Waals surface area contributed by atoms with Crippen molar-refractivity contribution in [2.24, 2.45) is 0 Å². The van der Waals surface area contributed by atoms with E-state index < -0.39 is 0 Å². The normalized spacial score (nSPS) is 10.5. The first kappa shape index (κ1) is 12.2. The minimum absolute atomic E-state index is 0.652. The van der Waals surface area contributed by atoms with Crippen molar-refractivity contribution in [2.45, 2.75) is 12.8 Å². The van der Waals surface area contributed by atoms with Crippen LogP contribution in [0.25, 0.3) is 0 Å². The highest BCUT2D eigenvalue weighted by atomic mass is 35.5. The fraction of sp³-hybridized carbons (Fsp3) is 0.154. The van der Waals surface area contributed by atoms with Gasteiger partial charge in [-0.1, -0.05) is 29.3 Å². The van der Waals surface area contributed by atoms with Crippen molar-refractivity contribution >= 4 is 28.9 Å². The SMILES string of the molecule is Nc1ccncc1CCc1ccc(Cl)cc1Cl. The van der Waals surface area contributed by atoms with E-state index in [1.807, 2.05) is 12.1 Å². The average Bonchev–Trinajstić information content (AvgIpc) is 2.30. The molecule has 0 radical (unpaired) electrons. The summed E-state index contributed by atoms with van der Waals surface area (Å²) in [5.74, 6) is 0. The Morgan fingerprint density at radius 2 is 1.82 bits per heavy atom. The zero-order chi connectivity index (χ0) is 12.3. The molecule has 0 atom stereocenters. The molecule has 0 aliphatic heterocycles. The van der Waals surface area contributed by atoms with Crippen LogP contribution in [-0.2, 0) is 12.8 Å². The molecule has 0 aliphatic carbocycles. The molecule has 2 aromatic rings. The van der Waals surface area contributed by atoms with Crippen molar-refractivity contribution in [3.8, 4) is 0 Å². The van der Waals surface area contributed by atoms with Gasteiger partial charge in [-0.05, 0) is 42.2 Å². The van der Waals surface area contributed by atoms with Gasteiger partial charge in [-0.2, -0.15) is 0 Å². The van der Waals surface area contributed by atoms with Gasteiger partial charge in [-0.3, -0.25) is 4.98 Å². The van der Waals surface area contributed by atoms with Crippen LogP contribution >= 0.6 is 23.2 Å². The zero-order valence-corrected chi connectivity index (χ0v) is 10.7. The van der Waals surface area contributed by atoms with Gasteiger partial charge in [0.05, 0.1) is 0 Å². The molecule has 0 saturated carbocycles. The summed E-state index contributed by atoms with van der Waals surface area (Å²) >= 11 is 11.9. The van der Waals surface area contributed by atoms with Gasteiger partial charge in [-0.15, -0.1) is 0 Å². The summed E-state index contributed by atoms with van der Waals surface area (Å²) < 4.78 is 0. The Hall–Kier alpha value is -1.25. The topological polar surface area (TPSA) is 38.9 Å². The molecule has 0 amide bonds. The number of nitrogen functional groups attached to an aromatic ring is 1. The van der Waals surface area contributed by atoms with Crippen molar-refractivity contribution in [3.05, 3.63) is 57.8 Å². The van der Waals surface area contributed by atoms with E-state index in [1.165, 1.54) is 0 Å². The highest BCUT2D eigenvalue weighted by Gasteiger charge is 2.04. The fourth-order valence-corrected chi connectivity index (χ4v) is 2.14. The number of nitrogens with two attached hydrogens (primary N) is 1. The van der Waals surface area contributed by atoms with Crippen LogP contribution in [-0.4, -0.2) is 4.98 Å². The summed E-state index contributed by atoms with van der Waals surface area (Å²) in [7, 11) is 0. The van der Waals surface area contributed by atoms with Gasteiger partial charge in [0.25, 0.3) is 0 Å². The number of hydrogen-bond acceptors (Lipinski definition) is 2. The number of nitrogens with zero attached hydrogens (tertiary/aromatic N) is 1. The quantitative estimate of drug-likeness (QED) is 0.919. The van der Waals surface area contributed by atoms with E-state index in [2.05, 4.69) is 4.98 Å². The van der Waals surface area contributed by atoms with Gasteiger partial charge in [0, 0.05) is 28.1 Å². The van der Waals surface area contributed by atoms with E-state index >= 15 is 0 Å². The van der Waals surface area contributed by atoms with Crippen LogP contribution < -0.4 is 5.73 Å². The molecular weight excluding hydrogens is 255 g/mol. The molecule has 17 heavy (non-hydrogen) atoms. The molecule has 0 unspecified atom stereocenters. The van der Waals surface area contributed by atoms with E-state index in [0.29, 0.717) is 10.0 Å². The Morgan fingerprint density at radius 3 is 2.53 bits per heavy atom. The Labute approximate surface area is 110 Å². The van der Waals surface area contributed by atoms with Crippen LogP contribution in [0.4, 0.5) is 5.69 Å². The molecule has 88 valence electrons. The minimum atomic E-state index is 0.652. The van der Waals surface area contributed by atoms with E-state index in [4.69, 9.17) is 28.9 Å². The fourth-order valence-electron chi connectivity index (χ4n) is 1.64. The van der Waals surface area contributed by atoms with E-state index in [1.54, 1.807) is 24.5 Å². The van der Waals surface area contributed by atoms with Gasteiger partial charge in [-0.25, -0.2) is 0 Å². The van der Waals surface area contributed by atoms with Crippen molar-refractivity contribution in [2.75, 3.05) is 5.73 Å². The monoisotopic (exact) mass is 266 g/mol. The van der Waals surface area contributed by atoms with Gasteiger partial charge in [0.2, 0.25) is 0 Å². The first-order chi connectivity index (χ1) is 8.16. The minimum Gasteiger partial charge on any atom is -0.398 e. The van der Waals surface area contributed by atoms with Crippen molar-refractivity contribution in [1.29, 1.82) is 0 Å². The molecule has 0 aliphatic rings. The summed E-state index contributed by atoms with van der Waals surface area (Å²) in [4.78, 5) is 4.06. The first-order valence-corrected chi connectivity index (χ1v) is 6.04. The highest BCUT2D eigenvalue weighted by molar-refractivity contribution is 6.35.